The molecule has 0 aliphatic carbocycles. The van der Waals surface area contributed by atoms with Crippen LogP contribution in [0.2, 0.25) is 0 Å². The summed E-state index contributed by atoms with van der Waals surface area (Å²) < 4.78 is 12.4. The summed E-state index contributed by atoms with van der Waals surface area (Å²) >= 11 is 0. The van der Waals surface area contributed by atoms with E-state index in [0.717, 1.165) is 25.9 Å². The van der Waals surface area contributed by atoms with E-state index in [1.165, 1.54) is 4.90 Å². The van der Waals surface area contributed by atoms with Crippen molar-refractivity contribution < 1.29 is 14.0 Å². The van der Waals surface area contributed by atoms with Crippen molar-refractivity contribution in [2.45, 2.75) is 39.2 Å². The number of halogens is 1. The van der Waals surface area contributed by atoms with Gasteiger partial charge in [0.2, 0.25) is 11.8 Å². The Morgan fingerprint density at radius 1 is 1.40 bits per heavy atom. The minimum Gasteiger partial charge on any atom is -0.343 e. The van der Waals surface area contributed by atoms with E-state index in [9.17, 15) is 14.0 Å². The van der Waals surface area contributed by atoms with E-state index >= 15 is 0 Å². The predicted octanol–water partition coefficient (Wildman–Crippen LogP) is 0.795. The van der Waals surface area contributed by atoms with Crippen LogP contribution in [0.3, 0.4) is 0 Å². The summed E-state index contributed by atoms with van der Waals surface area (Å²) in [5.74, 6) is -0.156. The molecule has 1 fully saturated rings. The van der Waals surface area contributed by atoms with Crippen molar-refractivity contribution in [3.05, 3.63) is 0 Å². The summed E-state index contributed by atoms with van der Waals surface area (Å²) in [4.78, 5) is 27.7. The van der Waals surface area contributed by atoms with Crippen LogP contribution in [-0.2, 0) is 9.59 Å². The van der Waals surface area contributed by atoms with E-state index in [4.69, 9.17) is 0 Å². The van der Waals surface area contributed by atoms with Gasteiger partial charge in [-0.05, 0) is 12.8 Å². The highest BCUT2D eigenvalue weighted by atomic mass is 19.1. The third-order valence-corrected chi connectivity index (χ3v) is 3.46. The zero-order valence-electron chi connectivity index (χ0n) is 12.5. The Balaban J connectivity index is 2.56. The van der Waals surface area contributed by atoms with Crippen LogP contribution in [0.1, 0.15) is 33.1 Å². The van der Waals surface area contributed by atoms with Crippen LogP contribution in [0.25, 0.3) is 0 Å². The zero-order valence-corrected chi connectivity index (χ0v) is 12.5. The lowest BCUT2D eigenvalue weighted by molar-refractivity contribution is -0.141. The zero-order chi connectivity index (χ0) is 15.0. The van der Waals surface area contributed by atoms with Gasteiger partial charge in [-0.25, -0.2) is 4.39 Å². The van der Waals surface area contributed by atoms with E-state index in [2.05, 4.69) is 5.32 Å². The minimum atomic E-state index is -0.537. The second kappa shape index (κ2) is 8.89. The molecule has 1 heterocycles. The molecule has 1 aliphatic heterocycles. The smallest absolute Gasteiger partial charge is 0.240 e. The van der Waals surface area contributed by atoms with Crippen molar-refractivity contribution in [3.63, 3.8) is 0 Å². The number of nitrogens with zero attached hydrogens (tertiary/aromatic N) is 2. The van der Waals surface area contributed by atoms with Crippen molar-refractivity contribution in [1.82, 2.24) is 15.1 Å². The predicted molar refractivity (Wildman–Crippen MR) is 76.1 cm³/mol. The standard InChI is InChI=1S/C14H26FN3O2/c1-3-7-17(8-4-2)13(19)11-12-14(20)18(9-5-15)10-6-16-12/h12,16H,3-11H2,1-2H3. The molecule has 0 saturated carbocycles. The Kier molecular flexibility index (Phi) is 7.51. The van der Waals surface area contributed by atoms with E-state index in [1.54, 1.807) is 0 Å². The van der Waals surface area contributed by atoms with E-state index < -0.39 is 12.7 Å². The summed E-state index contributed by atoms with van der Waals surface area (Å²) in [7, 11) is 0. The lowest BCUT2D eigenvalue weighted by atomic mass is 10.1. The fraction of sp³-hybridized carbons (Fsp3) is 0.857. The molecule has 6 heteroatoms. The molecular formula is C14H26FN3O2. The minimum absolute atomic E-state index is 0.00153. The second-order valence-corrected chi connectivity index (χ2v) is 5.11. The number of hydrogen-bond acceptors (Lipinski definition) is 3. The van der Waals surface area contributed by atoms with E-state index in [1.807, 2.05) is 18.7 Å². The largest absolute Gasteiger partial charge is 0.343 e. The van der Waals surface area contributed by atoms with E-state index in [0.29, 0.717) is 13.1 Å². The number of alkyl halides is 1. The van der Waals surface area contributed by atoms with Gasteiger partial charge in [-0.1, -0.05) is 13.8 Å². The van der Waals surface area contributed by atoms with Gasteiger partial charge >= 0.3 is 0 Å². The van der Waals surface area contributed by atoms with Crippen LogP contribution < -0.4 is 5.32 Å². The topological polar surface area (TPSA) is 52.7 Å². The summed E-state index contributed by atoms with van der Waals surface area (Å²) in [6, 6.07) is -0.501. The van der Waals surface area contributed by atoms with E-state index in [-0.39, 0.29) is 24.8 Å². The van der Waals surface area contributed by atoms with Crippen molar-refractivity contribution in [2.24, 2.45) is 0 Å². The highest BCUT2D eigenvalue weighted by Crippen LogP contribution is 2.08. The first kappa shape index (κ1) is 16.9. The van der Waals surface area contributed by atoms with Crippen LogP contribution in [-0.4, -0.2) is 67.1 Å². The molecule has 0 aromatic heterocycles. The van der Waals surface area contributed by atoms with Crippen molar-refractivity contribution in [3.8, 4) is 0 Å². The maximum atomic E-state index is 12.4. The molecule has 1 aliphatic rings. The Bertz CT molecular complexity index is 318. The summed E-state index contributed by atoms with van der Waals surface area (Å²) in [5, 5.41) is 3.07. The van der Waals surface area contributed by atoms with Gasteiger partial charge in [0, 0.05) is 32.7 Å². The molecule has 20 heavy (non-hydrogen) atoms. The van der Waals surface area contributed by atoms with Crippen molar-refractivity contribution in [1.29, 1.82) is 0 Å². The fourth-order valence-electron chi connectivity index (χ4n) is 2.48. The molecule has 5 nitrogen and oxygen atoms in total. The molecule has 116 valence electrons. The first-order chi connectivity index (χ1) is 9.63. The first-order valence-corrected chi connectivity index (χ1v) is 7.49. The van der Waals surface area contributed by atoms with Gasteiger partial charge in [0.05, 0.1) is 12.5 Å². The van der Waals surface area contributed by atoms with Gasteiger partial charge in [-0.15, -0.1) is 0 Å². The second-order valence-electron chi connectivity index (χ2n) is 5.11. The highest BCUT2D eigenvalue weighted by Gasteiger charge is 2.30. The fourth-order valence-corrected chi connectivity index (χ4v) is 2.48. The molecule has 1 saturated heterocycles. The maximum Gasteiger partial charge on any atom is 0.240 e. The van der Waals surface area contributed by atoms with Gasteiger partial charge in [0.15, 0.2) is 0 Å². The monoisotopic (exact) mass is 287 g/mol. The molecule has 1 rings (SSSR count). The molecule has 0 spiro atoms. The molecule has 1 N–H and O–H groups in total. The van der Waals surface area contributed by atoms with Gasteiger partial charge in [-0.2, -0.15) is 0 Å². The first-order valence-electron chi connectivity index (χ1n) is 7.49. The van der Waals surface area contributed by atoms with Gasteiger partial charge < -0.3 is 15.1 Å². The van der Waals surface area contributed by atoms with Crippen molar-refractivity contribution >= 4 is 11.8 Å². The number of nitrogens with one attached hydrogen (secondary N) is 1. The van der Waals surface area contributed by atoms with Gasteiger partial charge in [0.1, 0.15) is 6.67 Å². The number of hydrogen-bond donors (Lipinski definition) is 1. The quantitative estimate of drug-likeness (QED) is 0.718. The average molecular weight is 287 g/mol. The lowest BCUT2D eigenvalue weighted by Crippen LogP contribution is -2.56. The van der Waals surface area contributed by atoms with Crippen LogP contribution in [0.5, 0.6) is 0 Å². The summed E-state index contributed by atoms with van der Waals surface area (Å²) in [6.07, 6.45) is 1.99. The average Bonchev–Trinajstić information content (AvgIpc) is 2.43. The Morgan fingerprint density at radius 3 is 2.60 bits per heavy atom. The molecule has 0 bridgehead atoms. The normalized spacial score (nSPS) is 19.2. The summed E-state index contributed by atoms with van der Waals surface area (Å²) in [5.41, 5.74) is 0. The maximum absolute atomic E-state index is 12.4. The molecule has 0 radical (unpaired) electrons. The molecule has 1 atom stereocenters. The molecular weight excluding hydrogens is 261 g/mol. The molecule has 0 aromatic rings. The van der Waals surface area contributed by atoms with Gasteiger partial charge in [-0.3, -0.25) is 9.59 Å². The SMILES string of the molecule is CCCN(CCC)C(=O)CC1NCCN(CCF)C1=O. The number of amides is 2. The highest BCUT2D eigenvalue weighted by molar-refractivity contribution is 5.89. The number of carbonyl (C=O) groups excluding carboxylic acids is 2. The Labute approximate surface area is 120 Å². The Hall–Kier alpha value is -1.17. The molecule has 0 aromatic carbocycles. The third-order valence-electron chi connectivity index (χ3n) is 3.46. The Morgan fingerprint density at radius 2 is 2.05 bits per heavy atom. The number of rotatable bonds is 8. The third kappa shape index (κ3) is 4.74. The summed E-state index contributed by atoms with van der Waals surface area (Å²) in [6.45, 7) is 6.23. The van der Waals surface area contributed by atoms with Crippen LogP contribution in [0, 0.1) is 0 Å². The van der Waals surface area contributed by atoms with Crippen molar-refractivity contribution in [2.75, 3.05) is 39.4 Å². The van der Waals surface area contributed by atoms with Crippen LogP contribution >= 0.6 is 0 Å². The molecule has 2 amide bonds. The molecule has 1 unspecified atom stereocenters. The number of piperazine rings is 1. The van der Waals surface area contributed by atoms with Crippen LogP contribution in [0.15, 0.2) is 0 Å². The van der Waals surface area contributed by atoms with Gasteiger partial charge in [0.25, 0.3) is 0 Å². The lowest BCUT2D eigenvalue weighted by Gasteiger charge is -2.33. The van der Waals surface area contributed by atoms with Crippen LogP contribution in [0.4, 0.5) is 4.39 Å². The number of carbonyl (C=O) groups is 2.